The third-order valence-corrected chi connectivity index (χ3v) is 4.31. The van der Waals surface area contributed by atoms with Gasteiger partial charge in [0, 0.05) is 20.2 Å². The third kappa shape index (κ3) is 3.25. The van der Waals surface area contributed by atoms with Crippen molar-refractivity contribution >= 4 is 10.0 Å². The zero-order chi connectivity index (χ0) is 12.9. The van der Waals surface area contributed by atoms with Crippen molar-refractivity contribution < 1.29 is 18.3 Å². The molecule has 0 unspecified atom stereocenters. The molecule has 0 bridgehead atoms. The first-order valence-corrected chi connectivity index (χ1v) is 6.58. The standard InChI is InChI=1S/C9H17N3O4S/c1-8-9(7-10-11-8)17(14,15)12(3-5-13)4-6-16-2/h7,13H,3-6H2,1-2H3,(H,10,11). The fourth-order valence-corrected chi connectivity index (χ4v) is 2.93. The van der Waals surface area contributed by atoms with Crippen molar-refractivity contribution in [2.45, 2.75) is 11.8 Å². The lowest BCUT2D eigenvalue weighted by Crippen LogP contribution is -2.36. The minimum atomic E-state index is -3.62. The number of sulfonamides is 1. The Balaban J connectivity index is 2.96. The number of nitrogens with one attached hydrogen (secondary N) is 1. The van der Waals surface area contributed by atoms with Crippen molar-refractivity contribution in [1.82, 2.24) is 14.5 Å². The quantitative estimate of drug-likeness (QED) is 0.681. The van der Waals surface area contributed by atoms with Crippen LogP contribution in [0.15, 0.2) is 11.1 Å². The number of aliphatic hydroxyl groups excluding tert-OH is 1. The van der Waals surface area contributed by atoms with Crippen molar-refractivity contribution in [2.24, 2.45) is 0 Å². The van der Waals surface area contributed by atoms with E-state index in [1.54, 1.807) is 6.92 Å². The molecular formula is C9H17N3O4S. The van der Waals surface area contributed by atoms with Crippen LogP contribution < -0.4 is 0 Å². The van der Waals surface area contributed by atoms with Gasteiger partial charge in [0.25, 0.3) is 0 Å². The molecular weight excluding hydrogens is 246 g/mol. The van der Waals surface area contributed by atoms with Gasteiger partial charge in [0.2, 0.25) is 10.0 Å². The maximum absolute atomic E-state index is 12.2. The molecule has 0 radical (unpaired) electrons. The predicted octanol–water partition coefficient (Wildman–Crippen LogP) is -0.652. The monoisotopic (exact) mass is 263 g/mol. The number of aromatic nitrogens is 2. The summed E-state index contributed by atoms with van der Waals surface area (Å²) in [6.45, 7) is 1.91. The lowest BCUT2D eigenvalue weighted by Gasteiger charge is -2.20. The van der Waals surface area contributed by atoms with Crippen LogP contribution in [0.3, 0.4) is 0 Å². The van der Waals surface area contributed by atoms with E-state index < -0.39 is 10.0 Å². The Kier molecular flexibility index (Phi) is 5.06. The highest BCUT2D eigenvalue weighted by molar-refractivity contribution is 7.89. The van der Waals surface area contributed by atoms with Gasteiger partial charge < -0.3 is 9.84 Å². The fourth-order valence-electron chi connectivity index (χ4n) is 1.40. The molecule has 0 fully saturated rings. The van der Waals surface area contributed by atoms with Crippen molar-refractivity contribution in [3.05, 3.63) is 11.9 Å². The first-order valence-electron chi connectivity index (χ1n) is 5.14. The molecule has 7 nitrogen and oxygen atoms in total. The number of H-pyrrole nitrogens is 1. The van der Waals surface area contributed by atoms with Gasteiger partial charge in [-0.3, -0.25) is 5.10 Å². The molecule has 1 aromatic heterocycles. The summed E-state index contributed by atoms with van der Waals surface area (Å²) < 4.78 is 30.4. The van der Waals surface area contributed by atoms with Crippen LogP contribution in [0, 0.1) is 6.92 Å². The summed E-state index contributed by atoms with van der Waals surface area (Å²) in [6, 6.07) is 0. The molecule has 0 saturated heterocycles. The molecule has 1 rings (SSSR count). The van der Waals surface area contributed by atoms with E-state index >= 15 is 0 Å². The van der Waals surface area contributed by atoms with Crippen LogP contribution in [0.5, 0.6) is 0 Å². The SMILES string of the molecule is COCCN(CCO)S(=O)(=O)c1cn[nH]c1C. The molecule has 0 amide bonds. The number of ether oxygens (including phenoxy) is 1. The number of rotatable bonds is 7. The summed E-state index contributed by atoms with van der Waals surface area (Å²) in [5.41, 5.74) is 0.477. The number of aryl methyl sites for hydroxylation is 1. The van der Waals surface area contributed by atoms with Crippen LogP contribution in [0.1, 0.15) is 5.69 Å². The average Bonchev–Trinajstić information content (AvgIpc) is 2.71. The van der Waals surface area contributed by atoms with Gasteiger partial charge in [0.05, 0.1) is 25.1 Å². The number of methoxy groups -OCH3 is 1. The van der Waals surface area contributed by atoms with Crippen LogP contribution >= 0.6 is 0 Å². The number of hydrogen-bond acceptors (Lipinski definition) is 5. The number of nitrogens with zero attached hydrogens (tertiary/aromatic N) is 2. The molecule has 1 aromatic rings. The Morgan fingerprint density at radius 2 is 2.24 bits per heavy atom. The topological polar surface area (TPSA) is 95.5 Å². The molecule has 0 aliphatic heterocycles. The molecule has 0 atom stereocenters. The highest BCUT2D eigenvalue weighted by Crippen LogP contribution is 2.16. The van der Waals surface area contributed by atoms with Gasteiger partial charge in [-0.2, -0.15) is 9.40 Å². The summed E-state index contributed by atoms with van der Waals surface area (Å²) in [7, 11) is -2.13. The summed E-state index contributed by atoms with van der Waals surface area (Å²) in [6.07, 6.45) is 1.27. The normalized spacial score (nSPS) is 12.2. The van der Waals surface area contributed by atoms with E-state index in [9.17, 15) is 8.42 Å². The van der Waals surface area contributed by atoms with Crippen LogP contribution in [0.25, 0.3) is 0 Å². The van der Waals surface area contributed by atoms with Gasteiger partial charge in [-0.05, 0) is 6.92 Å². The second-order valence-corrected chi connectivity index (χ2v) is 5.39. The summed E-state index contributed by atoms with van der Waals surface area (Å²) >= 11 is 0. The molecule has 2 N–H and O–H groups in total. The number of aromatic amines is 1. The minimum Gasteiger partial charge on any atom is -0.395 e. The van der Waals surface area contributed by atoms with Crippen molar-refractivity contribution in [2.75, 3.05) is 33.4 Å². The van der Waals surface area contributed by atoms with E-state index in [1.807, 2.05) is 0 Å². The van der Waals surface area contributed by atoms with Gasteiger partial charge in [0.1, 0.15) is 4.90 Å². The molecule has 1 heterocycles. The van der Waals surface area contributed by atoms with Gasteiger partial charge in [-0.1, -0.05) is 0 Å². The maximum Gasteiger partial charge on any atom is 0.246 e. The lowest BCUT2D eigenvalue weighted by molar-refractivity contribution is 0.168. The van der Waals surface area contributed by atoms with E-state index in [4.69, 9.17) is 9.84 Å². The zero-order valence-electron chi connectivity index (χ0n) is 9.88. The highest BCUT2D eigenvalue weighted by atomic mass is 32.2. The van der Waals surface area contributed by atoms with Crippen LogP contribution in [-0.2, 0) is 14.8 Å². The van der Waals surface area contributed by atoms with Crippen LogP contribution in [0.2, 0.25) is 0 Å². The maximum atomic E-state index is 12.2. The molecule has 0 aliphatic carbocycles. The highest BCUT2D eigenvalue weighted by Gasteiger charge is 2.26. The Morgan fingerprint density at radius 3 is 2.71 bits per heavy atom. The second kappa shape index (κ2) is 6.10. The second-order valence-electron chi connectivity index (χ2n) is 3.48. The molecule has 0 aromatic carbocycles. The molecule has 0 saturated carbocycles. The molecule has 0 spiro atoms. The van der Waals surface area contributed by atoms with Crippen molar-refractivity contribution in [3.8, 4) is 0 Å². The summed E-state index contributed by atoms with van der Waals surface area (Å²) in [5, 5.41) is 15.2. The van der Waals surface area contributed by atoms with Crippen LogP contribution in [0.4, 0.5) is 0 Å². The first-order chi connectivity index (χ1) is 8.04. The van der Waals surface area contributed by atoms with Gasteiger partial charge >= 0.3 is 0 Å². The van der Waals surface area contributed by atoms with Crippen LogP contribution in [-0.4, -0.2) is 61.4 Å². The Bertz CT molecular complexity index is 443. The Labute approximate surface area is 100 Å². The largest absolute Gasteiger partial charge is 0.395 e. The third-order valence-electron chi connectivity index (χ3n) is 2.30. The van der Waals surface area contributed by atoms with E-state index in [0.717, 1.165) is 0 Å². The number of aliphatic hydroxyl groups is 1. The smallest absolute Gasteiger partial charge is 0.246 e. The molecule has 98 valence electrons. The Hall–Kier alpha value is -0.960. The summed E-state index contributed by atoms with van der Waals surface area (Å²) in [4.78, 5) is 0.127. The van der Waals surface area contributed by atoms with Gasteiger partial charge in [-0.25, -0.2) is 8.42 Å². The fraction of sp³-hybridized carbons (Fsp3) is 0.667. The van der Waals surface area contributed by atoms with Gasteiger partial charge in [-0.15, -0.1) is 0 Å². The van der Waals surface area contributed by atoms with E-state index in [0.29, 0.717) is 5.69 Å². The first kappa shape index (κ1) is 14.1. The zero-order valence-corrected chi connectivity index (χ0v) is 10.7. The van der Waals surface area contributed by atoms with Crippen molar-refractivity contribution in [3.63, 3.8) is 0 Å². The van der Waals surface area contributed by atoms with Crippen molar-refractivity contribution in [1.29, 1.82) is 0 Å². The molecule has 8 heteroatoms. The number of hydrogen-bond donors (Lipinski definition) is 2. The summed E-state index contributed by atoms with van der Waals surface area (Å²) in [5.74, 6) is 0. The Morgan fingerprint density at radius 1 is 1.53 bits per heavy atom. The van der Waals surface area contributed by atoms with E-state index in [1.165, 1.54) is 17.6 Å². The molecule has 0 aliphatic rings. The van der Waals surface area contributed by atoms with E-state index in [2.05, 4.69) is 10.2 Å². The molecule has 17 heavy (non-hydrogen) atoms. The lowest BCUT2D eigenvalue weighted by atomic mass is 10.5. The minimum absolute atomic E-state index is 0.0380. The van der Waals surface area contributed by atoms with E-state index in [-0.39, 0.29) is 31.2 Å². The predicted molar refractivity (Wildman–Crippen MR) is 61.0 cm³/mol. The van der Waals surface area contributed by atoms with Gasteiger partial charge in [0.15, 0.2) is 0 Å². The average molecular weight is 263 g/mol.